The second kappa shape index (κ2) is 7.62. The second-order valence-electron chi connectivity index (χ2n) is 10.4. The zero-order valence-corrected chi connectivity index (χ0v) is 19.1. The first-order valence-electron chi connectivity index (χ1n) is 11.1. The lowest BCUT2D eigenvalue weighted by molar-refractivity contribution is -0.131. The molecule has 2 aliphatic rings. The molecule has 1 aliphatic heterocycles. The highest BCUT2D eigenvalue weighted by Gasteiger charge is 2.58. The average molecular weight is 438 g/mol. The number of aromatic carboxylic acids is 1. The van der Waals surface area contributed by atoms with Gasteiger partial charge in [-0.05, 0) is 68.4 Å². The van der Waals surface area contributed by atoms with E-state index in [1.54, 1.807) is 17.0 Å². The first-order chi connectivity index (χ1) is 14.9. The number of carboxylic acid groups (broad SMARTS) is 1. The smallest absolute Gasteiger partial charge is 0.410 e. The van der Waals surface area contributed by atoms with Crippen LogP contribution in [-0.4, -0.2) is 45.9 Å². The quantitative estimate of drug-likeness (QED) is 0.705. The molecular formula is C26H31NO5. The van der Waals surface area contributed by atoms with Crippen LogP contribution in [0.4, 0.5) is 4.79 Å². The van der Waals surface area contributed by atoms with Crippen LogP contribution in [0.25, 0.3) is 0 Å². The SMILES string of the molecule is CC(C)(C)OC(=O)N1CC(C)([C@](O)(c2ccc(C3CC3)cc2)c2cccc(C(=O)O)c2)C1. The van der Waals surface area contributed by atoms with E-state index in [1.165, 1.54) is 30.5 Å². The maximum atomic E-state index is 12.5. The molecular weight excluding hydrogens is 406 g/mol. The molecule has 1 amide bonds. The molecule has 1 atom stereocenters. The fourth-order valence-electron chi connectivity index (χ4n) is 4.63. The number of carboxylic acids is 1. The van der Waals surface area contributed by atoms with Gasteiger partial charge in [-0.2, -0.15) is 0 Å². The van der Waals surface area contributed by atoms with E-state index in [4.69, 9.17) is 4.74 Å². The van der Waals surface area contributed by atoms with E-state index in [-0.39, 0.29) is 5.56 Å². The van der Waals surface area contributed by atoms with Crippen LogP contribution < -0.4 is 0 Å². The van der Waals surface area contributed by atoms with Crippen molar-refractivity contribution in [1.82, 2.24) is 4.90 Å². The van der Waals surface area contributed by atoms with E-state index in [1.807, 2.05) is 52.0 Å². The molecule has 32 heavy (non-hydrogen) atoms. The van der Waals surface area contributed by atoms with Crippen LogP contribution in [0, 0.1) is 5.41 Å². The topological polar surface area (TPSA) is 87.1 Å². The summed E-state index contributed by atoms with van der Waals surface area (Å²) in [5.41, 5.74) is -0.236. The molecule has 0 bridgehead atoms. The Morgan fingerprint density at radius 1 is 1.03 bits per heavy atom. The first kappa shape index (κ1) is 22.3. The van der Waals surface area contributed by atoms with Crippen LogP contribution in [0.15, 0.2) is 48.5 Å². The molecule has 2 aromatic rings. The van der Waals surface area contributed by atoms with Crippen molar-refractivity contribution in [3.8, 4) is 0 Å². The molecule has 0 aromatic heterocycles. The van der Waals surface area contributed by atoms with Crippen LogP contribution in [0.5, 0.6) is 0 Å². The minimum Gasteiger partial charge on any atom is -0.478 e. The number of nitrogens with zero attached hydrogens (tertiary/aromatic N) is 1. The highest BCUT2D eigenvalue weighted by atomic mass is 16.6. The van der Waals surface area contributed by atoms with Crippen molar-refractivity contribution in [2.75, 3.05) is 13.1 Å². The number of likely N-dealkylation sites (tertiary alicyclic amines) is 1. The number of amides is 1. The van der Waals surface area contributed by atoms with Crippen molar-refractivity contribution in [3.05, 3.63) is 70.8 Å². The molecule has 2 N–H and O–H groups in total. The van der Waals surface area contributed by atoms with E-state index < -0.39 is 28.7 Å². The molecule has 6 nitrogen and oxygen atoms in total. The summed E-state index contributed by atoms with van der Waals surface area (Å²) in [4.78, 5) is 25.7. The lowest BCUT2D eigenvalue weighted by atomic mass is 9.61. The van der Waals surface area contributed by atoms with Gasteiger partial charge in [0.15, 0.2) is 0 Å². The molecule has 2 aromatic carbocycles. The second-order valence-corrected chi connectivity index (χ2v) is 10.4. The Bertz CT molecular complexity index is 1030. The van der Waals surface area contributed by atoms with Gasteiger partial charge in [-0.25, -0.2) is 9.59 Å². The molecule has 2 fully saturated rings. The number of carbonyl (C=O) groups excluding carboxylic acids is 1. The summed E-state index contributed by atoms with van der Waals surface area (Å²) in [7, 11) is 0. The van der Waals surface area contributed by atoms with Crippen molar-refractivity contribution in [1.29, 1.82) is 0 Å². The van der Waals surface area contributed by atoms with Gasteiger partial charge in [0.05, 0.1) is 5.56 Å². The lowest BCUT2D eigenvalue weighted by Gasteiger charge is -2.56. The Balaban J connectivity index is 1.70. The Hall–Kier alpha value is -2.86. The van der Waals surface area contributed by atoms with Crippen LogP contribution in [0.3, 0.4) is 0 Å². The molecule has 1 saturated carbocycles. The maximum absolute atomic E-state index is 12.5. The summed E-state index contributed by atoms with van der Waals surface area (Å²) in [5.74, 6) is -0.457. The van der Waals surface area contributed by atoms with Crippen LogP contribution in [0.2, 0.25) is 0 Å². The van der Waals surface area contributed by atoms with E-state index >= 15 is 0 Å². The largest absolute Gasteiger partial charge is 0.478 e. The molecule has 4 rings (SSSR count). The van der Waals surface area contributed by atoms with Crippen molar-refractivity contribution >= 4 is 12.1 Å². The van der Waals surface area contributed by atoms with Gasteiger partial charge in [0, 0.05) is 18.5 Å². The van der Waals surface area contributed by atoms with Crippen molar-refractivity contribution in [2.24, 2.45) is 5.41 Å². The normalized spacial score (nSPS) is 19.6. The predicted molar refractivity (Wildman–Crippen MR) is 121 cm³/mol. The third-order valence-corrected chi connectivity index (χ3v) is 6.51. The molecule has 6 heteroatoms. The van der Waals surface area contributed by atoms with E-state index in [2.05, 4.69) is 0 Å². The van der Waals surface area contributed by atoms with E-state index in [9.17, 15) is 19.8 Å². The number of aliphatic hydroxyl groups is 1. The molecule has 0 unspecified atom stereocenters. The fourth-order valence-corrected chi connectivity index (χ4v) is 4.63. The zero-order chi connectivity index (χ0) is 23.3. The van der Waals surface area contributed by atoms with Crippen molar-refractivity contribution in [2.45, 2.75) is 57.7 Å². The Labute approximate surface area is 188 Å². The molecule has 0 spiro atoms. The zero-order valence-electron chi connectivity index (χ0n) is 19.1. The Kier molecular flexibility index (Phi) is 5.32. The highest BCUT2D eigenvalue weighted by molar-refractivity contribution is 5.87. The Morgan fingerprint density at radius 2 is 1.66 bits per heavy atom. The standard InChI is InChI=1S/C26H31NO5/c1-24(2,3)32-23(30)27-15-25(4,16-27)26(31,21-7-5-6-19(14-21)22(28)29)20-12-10-18(11-13-20)17-8-9-17/h5-7,10-14,17,31H,8-9,15-16H2,1-4H3,(H,28,29)/t26-/m0/s1. The predicted octanol–water partition coefficient (Wildman–Crippen LogP) is 4.76. The van der Waals surface area contributed by atoms with E-state index in [0.29, 0.717) is 30.1 Å². The molecule has 1 aliphatic carbocycles. The minimum atomic E-state index is -1.47. The van der Waals surface area contributed by atoms with Gasteiger partial charge in [0.2, 0.25) is 0 Å². The summed E-state index contributed by atoms with van der Waals surface area (Å²) < 4.78 is 5.49. The Morgan fingerprint density at radius 3 is 2.19 bits per heavy atom. The van der Waals surface area contributed by atoms with Crippen LogP contribution in [0.1, 0.15) is 73.5 Å². The van der Waals surface area contributed by atoms with Crippen LogP contribution >= 0.6 is 0 Å². The molecule has 1 saturated heterocycles. The summed E-state index contributed by atoms with van der Waals surface area (Å²) in [6.07, 6.45) is 1.96. The number of hydrogen-bond donors (Lipinski definition) is 2. The maximum Gasteiger partial charge on any atom is 0.410 e. The van der Waals surface area contributed by atoms with Gasteiger partial charge in [-0.15, -0.1) is 0 Å². The monoisotopic (exact) mass is 437 g/mol. The highest BCUT2D eigenvalue weighted by Crippen LogP contribution is 2.51. The third-order valence-electron chi connectivity index (χ3n) is 6.51. The number of ether oxygens (including phenoxy) is 1. The van der Waals surface area contributed by atoms with Gasteiger partial charge in [0.25, 0.3) is 0 Å². The molecule has 1 heterocycles. The fraction of sp³-hybridized carbons (Fsp3) is 0.462. The minimum absolute atomic E-state index is 0.113. The van der Waals surface area contributed by atoms with E-state index in [0.717, 1.165) is 0 Å². The molecule has 0 radical (unpaired) electrons. The first-order valence-corrected chi connectivity index (χ1v) is 11.1. The van der Waals surface area contributed by atoms with Gasteiger partial charge in [-0.1, -0.05) is 43.3 Å². The number of carbonyl (C=O) groups is 2. The van der Waals surface area contributed by atoms with Gasteiger partial charge in [-0.3, -0.25) is 0 Å². The summed E-state index contributed by atoms with van der Waals surface area (Å²) in [5, 5.41) is 21.7. The summed E-state index contributed by atoms with van der Waals surface area (Å²) in [6.45, 7) is 7.97. The van der Waals surface area contributed by atoms with Crippen molar-refractivity contribution < 1.29 is 24.5 Å². The third kappa shape index (κ3) is 3.99. The number of rotatable bonds is 5. The van der Waals surface area contributed by atoms with Crippen LogP contribution in [-0.2, 0) is 10.3 Å². The van der Waals surface area contributed by atoms with Crippen molar-refractivity contribution in [3.63, 3.8) is 0 Å². The molecule has 170 valence electrons. The summed E-state index contributed by atoms with van der Waals surface area (Å²) >= 11 is 0. The summed E-state index contributed by atoms with van der Waals surface area (Å²) in [6, 6.07) is 14.4. The average Bonchev–Trinajstić information content (AvgIpc) is 3.55. The van der Waals surface area contributed by atoms with Gasteiger partial charge >= 0.3 is 12.1 Å². The number of hydrogen-bond acceptors (Lipinski definition) is 4. The lowest BCUT2D eigenvalue weighted by Crippen LogP contribution is -2.66. The van der Waals surface area contributed by atoms with Gasteiger partial charge < -0.3 is 19.8 Å². The van der Waals surface area contributed by atoms with Gasteiger partial charge in [0.1, 0.15) is 11.2 Å². The number of benzene rings is 2.